The molecule has 0 spiro atoms. The zero-order valence-corrected chi connectivity index (χ0v) is 14.2. The maximum Gasteiger partial charge on any atom is 0.339 e. The van der Waals surface area contributed by atoms with Crippen LogP contribution in [0.3, 0.4) is 0 Å². The zero-order chi connectivity index (χ0) is 17.9. The first-order valence-electron chi connectivity index (χ1n) is 6.58. The van der Waals surface area contributed by atoms with Gasteiger partial charge in [0.05, 0.1) is 17.7 Å². The number of nitrogens with zero attached hydrogens (tertiary/aromatic N) is 1. The summed E-state index contributed by atoms with van der Waals surface area (Å²) in [5, 5.41) is 0.750. The van der Waals surface area contributed by atoms with Gasteiger partial charge < -0.3 is 14.5 Å². The summed E-state index contributed by atoms with van der Waals surface area (Å²) in [5.74, 6) is -1.60. The Balaban J connectivity index is 2.40. The molecule has 8 nitrogen and oxygen atoms in total. The Hall–Kier alpha value is -2.39. The van der Waals surface area contributed by atoms with Crippen molar-refractivity contribution < 1.29 is 27.2 Å². The molecule has 0 radical (unpaired) electrons. The van der Waals surface area contributed by atoms with Crippen LogP contribution in [0.15, 0.2) is 40.2 Å². The average Bonchev–Trinajstić information content (AvgIpc) is 3.08. The van der Waals surface area contributed by atoms with Gasteiger partial charge in [0.1, 0.15) is 16.5 Å². The number of ether oxygens (including phenoxy) is 1. The summed E-state index contributed by atoms with van der Waals surface area (Å²) >= 11 is 5.97. The monoisotopic (exact) mass is 372 g/mol. The Morgan fingerprint density at radius 2 is 2.08 bits per heavy atom. The first-order chi connectivity index (χ1) is 11.3. The summed E-state index contributed by atoms with van der Waals surface area (Å²) in [4.78, 5) is 27.0. The third kappa shape index (κ3) is 3.41. The highest BCUT2D eigenvalue weighted by molar-refractivity contribution is 7.92. The Bertz CT molecular complexity index is 863. The van der Waals surface area contributed by atoms with Crippen molar-refractivity contribution in [1.29, 1.82) is 0 Å². The van der Waals surface area contributed by atoms with Crippen molar-refractivity contribution in [3.63, 3.8) is 0 Å². The summed E-state index contributed by atoms with van der Waals surface area (Å²) in [7, 11) is -3.04. The van der Waals surface area contributed by atoms with Crippen LogP contribution in [-0.4, -0.2) is 37.8 Å². The fraction of sp³-hybridized carbons (Fsp3) is 0.214. The van der Waals surface area contributed by atoms with Crippen molar-refractivity contribution in [2.75, 3.05) is 7.11 Å². The van der Waals surface area contributed by atoms with Crippen LogP contribution in [0.2, 0.25) is 5.02 Å². The molecule has 2 rings (SSSR count). The average molecular weight is 373 g/mol. The standard InChI is InChI=1S/C14H13ClN2O6S/c1-8(17-13(18)11-6-23-7-16-11)24(20,21)12-9(14(19)22-2)4-3-5-10(12)15/h3-8H,1-2H3,(H,17,18). The van der Waals surface area contributed by atoms with Gasteiger partial charge in [0.25, 0.3) is 5.91 Å². The number of carbonyl (C=O) groups is 2. The maximum atomic E-state index is 12.7. The number of hydrogen-bond acceptors (Lipinski definition) is 7. The van der Waals surface area contributed by atoms with Crippen LogP contribution in [0.5, 0.6) is 0 Å². The fourth-order valence-electron chi connectivity index (χ4n) is 1.91. The van der Waals surface area contributed by atoms with Gasteiger partial charge in [-0.25, -0.2) is 18.2 Å². The third-order valence-electron chi connectivity index (χ3n) is 3.12. The largest absolute Gasteiger partial charge is 0.465 e. The highest BCUT2D eigenvalue weighted by atomic mass is 35.5. The quantitative estimate of drug-likeness (QED) is 0.793. The van der Waals surface area contributed by atoms with E-state index in [4.69, 9.17) is 11.6 Å². The Morgan fingerprint density at radius 1 is 1.38 bits per heavy atom. The molecule has 0 aliphatic carbocycles. The number of aromatic nitrogens is 1. The lowest BCUT2D eigenvalue weighted by Gasteiger charge is -2.17. The molecule has 10 heteroatoms. The molecule has 1 aromatic heterocycles. The summed E-state index contributed by atoms with van der Waals surface area (Å²) in [6, 6.07) is 4.02. The molecular formula is C14H13ClN2O6S. The van der Waals surface area contributed by atoms with Crippen LogP contribution in [0.4, 0.5) is 0 Å². The molecule has 2 aromatic rings. The normalized spacial score (nSPS) is 12.5. The summed E-state index contributed by atoms with van der Waals surface area (Å²) in [5.41, 5.74) is -0.295. The van der Waals surface area contributed by atoms with Gasteiger partial charge >= 0.3 is 5.97 Å². The Morgan fingerprint density at radius 3 is 2.67 bits per heavy atom. The molecule has 0 aliphatic heterocycles. The van der Waals surface area contributed by atoms with Gasteiger partial charge in [-0.15, -0.1) is 0 Å². The van der Waals surface area contributed by atoms with Crippen LogP contribution in [-0.2, 0) is 14.6 Å². The van der Waals surface area contributed by atoms with Crippen LogP contribution in [0.25, 0.3) is 0 Å². The van der Waals surface area contributed by atoms with Crippen molar-refractivity contribution >= 4 is 33.3 Å². The van der Waals surface area contributed by atoms with Crippen molar-refractivity contribution in [2.24, 2.45) is 0 Å². The van der Waals surface area contributed by atoms with E-state index >= 15 is 0 Å². The lowest BCUT2D eigenvalue weighted by molar-refractivity contribution is 0.0596. The highest BCUT2D eigenvalue weighted by Gasteiger charge is 2.32. The predicted octanol–water partition coefficient (Wildman–Crippen LogP) is 1.66. The van der Waals surface area contributed by atoms with E-state index in [0.717, 1.165) is 19.8 Å². The minimum Gasteiger partial charge on any atom is -0.465 e. The number of esters is 1. The molecule has 24 heavy (non-hydrogen) atoms. The minimum atomic E-state index is -4.16. The zero-order valence-electron chi connectivity index (χ0n) is 12.6. The van der Waals surface area contributed by atoms with E-state index in [0.29, 0.717) is 0 Å². The number of oxazole rings is 1. The highest BCUT2D eigenvalue weighted by Crippen LogP contribution is 2.28. The van der Waals surface area contributed by atoms with E-state index in [9.17, 15) is 18.0 Å². The number of nitrogens with one attached hydrogen (secondary N) is 1. The molecule has 0 fully saturated rings. The topological polar surface area (TPSA) is 116 Å². The molecule has 0 bridgehead atoms. The predicted molar refractivity (Wildman–Crippen MR) is 83.4 cm³/mol. The second-order valence-electron chi connectivity index (χ2n) is 4.64. The van der Waals surface area contributed by atoms with Gasteiger partial charge in [0, 0.05) is 0 Å². The first-order valence-corrected chi connectivity index (χ1v) is 8.51. The van der Waals surface area contributed by atoms with E-state index in [1.165, 1.54) is 25.1 Å². The number of rotatable bonds is 5. The molecule has 1 amide bonds. The van der Waals surface area contributed by atoms with Gasteiger partial charge in [-0.05, 0) is 19.1 Å². The van der Waals surface area contributed by atoms with E-state index in [1.807, 2.05) is 0 Å². The lowest BCUT2D eigenvalue weighted by atomic mass is 10.2. The molecule has 1 aromatic carbocycles. The van der Waals surface area contributed by atoms with Crippen LogP contribution in [0.1, 0.15) is 27.8 Å². The number of halogens is 1. The van der Waals surface area contributed by atoms with E-state index < -0.39 is 32.0 Å². The summed E-state index contributed by atoms with van der Waals surface area (Å²) in [6.07, 6.45) is 2.11. The molecule has 0 saturated heterocycles. The summed E-state index contributed by atoms with van der Waals surface area (Å²) in [6.45, 7) is 1.25. The fourth-order valence-corrected chi connectivity index (χ4v) is 3.82. The van der Waals surface area contributed by atoms with E-state index in [1.54, 1.807) is 0 Å². The van der Waals surface area contributed by atoms with Crippen molar-refractivity contribution in [2.45, 2.75) is 17.2 Å². The number of benzene rings is 1. The number of amides is 1. The Kier molecular flexibility index (Phi) is 5.25. The number of carbonyl (C=O) groups excluding carboxylic acids is 2. The van der Waals surface area contributed by atoms with E-state index in [2.05, 4.69) is 19.5 Å². The molecule has 0 saturated carbocycles. The SMILES string of the molecule is COC(=O)c1cccc(Cl)c1S(=O)(=O)C(C)NC(=O)c1cocn1. The van der Waals surface area contributed by atoms with Crippen molar-refractivity contribution in [1.82, 2.24) is 10.3 Å². The maximum absolute atomic E-state index is 12.7. The first kappa shape index (κ1) is 18.0. The van der Waals surface area contributed by atoms with Crippen molar-refractivity contribution in [3.05, 3.63) is 47.1 Å². The lowest BCUT2D eigenvalue weighted by Crippen LogP contribution is -2.39. The van der Waals surface area contributed by atoms with Crippen molar-refractivity contribution in [3.8, 4) is 0 Å². The Labute approximate surface area is 142 Å². The number of methoxy groups -OCH3 is 1. The summed E-state index contributed by atoms with van der Waals surface area (Å²) < 4.78 is 34.7. The molecule has 128 valence electrons. The van der Waals surface area contributed by atoms with Gasteiger partial charge in [0.15, 0.2) is 12.1 Å². The van der Waals surface area contributed by atoms with E-state index in [-0.39, 0.29) is 16.3 Å². The molecular weight excluding hydrogens is 360 g/mol. The number of sulfone groups is 1. The second-order valence-corrected chi connectivity index (χ2v) is 7.26. The third-order valence-corrected chi connectivity index (χ3v) is 5.61. The molecule has 0 aliphatic rings. The molecule has 1 heterocycles. The molecule has 1 unspecified atom stereocenters. The molecule has 1 N–H and O–H groups in total. The van der Waals surface area contributed by atoms with Gasteiger partial charge in [-0.3, -0.25) is 4.79 Å². The van der Waals surface area contributed by atoms with Gasteiger partial charge in [-0.1, -0.05) is 17.7 Å². The van der Waals surface area contributed by atoms with Crippen LogP contribution in [0, 0.1) is 0 Å². The number of hydrogen-bond donors (Lipinski definition) is 1. The minimum absolute atomic E-state index is 0.0793. The smallest absolute Gasteiger partial charge is 0.339 e. The van der Waals surface area contributed by atoms with Crippen LogP contribution >= 0.6 is 11.6 Å². The second kappa shape index (κ2) is 7.02. The molecule has 1 atom stereocenters. The van der Waals surface area contributed by atoms with Crippen LogP contribution < -0.4 is 5.32 Å². The van der Waals surface area contributed by atoms with Gasteiger partial charge in [-0.2, -0.15) is 0 Å². The van der Waals surface area contributed by atoms with Gasteiger partial charge in [0.2, 0.25) is 9.84 Å².